The number of hydrogen-bond donors (Lipinski definition) is 2. The number of nitrogens with zero attached hydrogens (tertiary/aromatic N) is 1. The first-order chi connectivity index (χ1) is 8.24. The van der Waals surface area contributed by atoms with E-state index in [1.54, 1.807) is 6.20 Å². The molecule has 1 heterocycles. The highest BCUT2D eigenvalue weighted by Crippen LogP contribution is 2.49. The largest absolute Gasteiger partial charge is 0.383 e. The first kappa shape index (κ1) is 11.0. The number of pyridine rings is 1. The first-order valence-corrected chi connectivity index (χ1v) is 6.69. The second kappa shape index (κ2) is 4.30. The number of nitrogen functional groups attached to an aromatic ring is 1. The van der Waals surface area contributed by atoms with Crippen LogP contribution < -0.4 is 11.5 Å². The smallest absolute Gasteiger partial charge is 0.126 e. The van der Waals surface area contributed by atoms with E-state index in [1.165, 1.54) is 25.7 Å². The van der Waals surface area contributed by atoms with Crippen LogP contribution in [0, 0.1) is 17.8 Å². The number of rotatable bonds is 3. The van der Waals surface area contributed by atoms with Gasteiger partial charge in [0.2, 0.25) is 0 Å². The molecule has 3 rings (SSSR count). The van der Waals surface area contributed by atoms with Crippen LogP contribution in [0.3, 0.4) is 0 Å². The van der Waals surface area contributed by atoms with Crippen LogP contribution in [-0.4, -0.2) is 11.0 Å². The lowest BCUT2D eigenvalue weighted by Crippen LogP contribution is -2.35. The first-order valence-electron chi connectivity index (χ1n) is 6.69. The second-order valence-corrected chi connectivity index (χ2v) is 5.75. The average Bonchev–Trinajstić information content (AvgIpc) is 2.94. The highest BCUT2D eigenvalue weighted by atomic mass is 14.8. The molecule has 17 heavy (non-hydrogen) atoms. The van der Waals surface area contributed by atoms with Gasteiger partial charge in [0.15, 0.2) is 0 Å². The maximum atomic E-state index is 6.38. The highest BCUT2D eigenvalue weighted by Gasteiger charge is 2.41. The van der Waals surface area contributed by atoms with Gasteiger partial charge in [-0.2, -0.15) is 0 Å². The standard InChI is InChI=1S/C14H21N3/c15-13(8-11-2-1-5-17-14(11)16)12-7-9-3-4-10(12)6-9/h1-2,5,9-10,12-13H,3-4,6-8,15H2,(H2,16,17). The van der Waals surface area contributed by atoms with Gasteiger partial charge in [0.25, 0.3) is 0 Å². The lowest BCUT2D eigenvalue weighted by molar-refractivity contribution is 0.280. The molecule has 1 aromatic rings. The average molecular weight is 231 g/mol. The Morgan fingerprint density at radius 3 is 2.88 bits per heavy atom. The third-order valence-electron chi connectivity index (χ3n) is 4.72. The molecule has 0 saturated heterocycles. The molecular formula is C14H21N3. The molecule has 4 N–H and O–H groups in total. The summed E-state index contributed by atoms with van der Waals surface area (Å²) in [5, 5.41) is 0. The van der Waals surface area contributed by atoms with Crippen molar-refractivity contribution in [3.05, 3.63) is 23.9 Å². The van der Waals surface area contributed by atoms with Gasteiger partial charge in [0, 0.05) is 12.2 Å². The molecule has 2 aliphatic carbocycles. The normalized spacial score (nSPS) is 32.9. The van der Waals surface area contributed by atoms with Gasteiger partial charge in [-0.3, -0.25) is 0 Å². The van der Waals surface area contributed by atoms with Crippen molar-refractivity contribution in [2.24, 2.45) is 23.5 Å². The number of anilines is 1. The topological polar surface area (TPSA) is 64.9 Å². The molecule has 3 heteroatoms. The van der Waals surface area contributed by atoms with Gasteiger partial charge in [-0.05, 0) is 55.1 Å². The molecule has 1 aromatic heterocycles. The van der Waals surface area contributed by atoms with E-state index >= 15 is 0 Å². The van der Waals surface area contributed by atoms with Crippen molar-refractivity contribution in [1.82, 2.24) is 4.98 Å². The molecule has 2 aliphatic rings. The van der Waals surface area contributed by atoms with Crippen molar-refractivity contribution in [2.45, 2.75) is 38.1 Å². The van der Waals surface area contributed by atoms with Gasteiger partial charge in [0.1, 0.15) is 5.82 Å². The number of fused-ring (bicyclic) bond motifs is 2. The number of nitrogens with two attached hydrogens (primary N) is 2. The molecule has 4 atom stereocenters. The summed E-state index contributed by atoms with van der Waals surface area (Å²) >= 11 is 0. The Labute approximate surface area is 103 Å². The highest BCUT2D eigenvalue weighted by molar-refractivity contribution is 5.39. The van der Waals surface area contributed by atoms with E-state index in [-0.39, 0.29) is 6.04 Å². The predicted molar refractivity (Wildman–Crippen MR) is 69.3 cm³/mol. The van der Waals surface area contributed by atoms with Crippen LogP contribution in [0.15, 0.2) is 18.3 Å². The molecule has 0 aromatic carbocycles. The summed E-state index contributed by atoms with van der Waals surface area (Å²) in [7, 11) is 0. The zero-order chi connectivity index (χ0) is 11.8. The lowest BCUT2D eigenvalue weighted by atomic mass is 9.81. The van der Waals surface area contributed by atoms with Crippen molar-refractivity contribution >= 4 is 5.82 Å². The van der Waals surface area contributed by atoms with E-state index in [2.05, 4.69) is 11.1 Å². The summed E-state index contributed by atoms with van der Waals surface area (Å²) in [6.07, 6.45) is 8.21. The molecule has 0 radical (unpaired) electrons. The van der Waals surface area contributed by atoms with Crippen molar-refractivity contribution in [3.63, 3.8) is 0 Å². The molecule has 2 saturated carbocycles. The maximum Gasteiger partial charge on any atom is 0.126 e. The van der Waals surface area contributed by atoms with Gasteiger partial charge >= 0.3 is 0 Å². The van der Waals surface area contributed by atoms with Gasteiger partial charge in [-0.25, -0.2) is 4.98 Å². The van der Waals surface area contributed by atoms with Gasteiger partial charge < -0.3 is 11.5 Å². The minimum atomic E-state index is 0.261. The van der Waals surface area contributed by atoms with Gasteiger partial charge in [0.05, 0.1) is 0 Å². The van der Waals surface area contributed by atoms with E-state index in [0.717, 1.165) is 23.8 Å². The molecule has 0 aliphatic heterocycles. The van der Waals surface area contributed by atoms with Gasteiger partial charge in [-0.15, -0.1) is 0 Å². The van der Waals surface area contributed by atoms with Crippen molar-refractivity contribution < 1.29 is 0 Å². The molecule has 4 unspecified atom stereocenters. The Kier molecular flexibility index (Phi) is 2.79. The molecule has 92 valence electrons. The molecule has 2 bridgehead atoms. The Morgan fingerprint density at radius 2 is 2.24 bits per heavy atom. The SMILES string of the molecule is Nc1ncccc1CC(N)C1CC2CCC1C2. The fourth-order valence-electron chi connectivity index (χ4n) is 3.85. The predicted octanol–water partition coefficient (Wildman–Crippen LogP) is 1.97. The zero-order valence-electron chi connectivity index (χ0n) is 10.2. The molecule has 0 amide bonds. The van der Waals surface area contributed by atoms with Crippen LogP contribution in [0.2, 0.25) is 0 Å². The van der Waals surface area contributed by atoms with Crippen LogP contribution in [0.1, 0.15) is 31.2 Å². The Hall–Kier alpha value is -1.09. The molecule has 2 fully saturated rings. The van der Waals surface area contributed by atoms with Crippen LogP contribution in [0.4, 0.5) is 5.82 Å². The summed E-state index contributed by atoms with van der Waals surface area (Å²) in [6.45, 7) is 0. The molecular weight excluding hydrogens is 210 g/mol. The fourth-order valence-corrected chi connectivity index (χ4v) is 3.85. The molecule has 3 nitrogen and oxygen atoms in total. The van der Waals surface area contributed by atoms with E-state index in [4.69, 9.17) is 11.5 Å². The monoisotopic (exact) mass is 231 g/mol. The van der Waals surface area contributed by atoms with Crippen molar-refractivity contribution in [3.8, 4) is 0 Å². The van der Waals surface area contributed by atoms with Crippen LogP contribution >= 0.6 is 0 Å². The van der Waals surface area contributed by atoms with E-state index in [9.17, 15) is 0 Å². The van der Waals surface area contributed by atoms with E-state index in [1.807, 2.05) is 6.07 Å². The van der Waals surface area contributed by atoms with E-state index in [0.29, 0.717) is 11.7 Å². The fraction of sp³-hybridized carbons (Fsp3) is 0.643. The maximum absolute atomic E-state index is 6.38. The van der Waals surface area contributed by atoms with E-state index < -0.39 is 0 Å². The summed E-state index contributed by atoms with van der Waals surface area (Å²) < 4.78 is 0. The summed E-state index contributed by atoms with van der Waals surface area (Å²) in [4.78, 5) is 4.13. The Bertz CT molecular complexity index is 404. The minimum Gasteiger partial charge on any atom is -0.383 e. The zero-order valence-corrected chi connectivity index (χ0v) is 10.2. The summed E-state index contributed by atoms with van der Waals surface area (Å²) in [5.41, 5.74) is 13.4. The summed E-state index contributed by atoms with van der Waals surface area (Å²) in [5.74, 6) is 3.20. The Morgan fingerprint density at radius 1 is 1.35 bits per heavy atom. The molecule has 0 spiro atoms. The quantitative estimate of drug-likeness (QED) is 0.836. The Balaban J connectivity index is 1.68. The third kappa shape index (κ3) is 2.04. The van der Waals surface area contributed by atoms with Crippen LogP contribution in [0.5, 0.6) is 0 Å². The summed E-state index contributed by atoms with van der Waals surface area (Å²) in [6, 6.07) is 4.26. The lowest BCUT2D eigenvalue weighted by Gasteiger charge is -2.27. The third-order valence-corrected chi connectivity index (χ3v) is 4.72. The van der Waals surface area contributed by atoms with Crippen LogP contribution in [-0.2, 0) is 6.42 Å². The van der Waals surface area contributed by atoms with Crippen molar-refractivity contribution in [2.75, 3.05) is 5.73 Å². The van der Waals surface area contributed by atoms with Gasteiger partial charge in [-0.1, -0.05) is 12.5 Å². The second-order valence-electron chi connectivity index (χ2n) is 5.75. The van der Waals surface area contributed by atoms with Crippen molar-refractivity contribution in [1.29, 1.82) is 0 Å². The minimum absolute atomic E-state index is 0.261. The van der Waals surface area contributed by atoms with Crippen LogP contribution in [0.25, 0.3) is 0 Å². The number of aromatic nitrogens is 1. The number of hydrogen-bond acceptors (Lipinski definition) is 3.